The number of fused-ring (bicyclic) bond motifs is 1. The minimum Gasteiger partial charge on any atom is -0.454 e. The zero-order valence-corrected chi connectivity index (χ0v) is 17.2. The molecule has 0 radical (unpaired) electrons. The van der Waals surface area contributed by atoms with Gasteiger partial charge in [0, 0.05) is 42.3 Å². The maximum atomic E-state index is 5.52. The Bertz CT molecular complexity index is 769. The second-order valence-electron chi connectivity index (χ2n) is 7.65. The number of piperidine rings is 1. The van der Waals surface area contributed by atoms with E-state index in [9.17, 15) is 0 Å². The summed E-state index contributed by atoms with van der Waals surface area (Å²) in [4.78, 5) is 6.26. The first-order valence-corrected chi connectivity index (χ1v) is 10.6. The van der Waals surface area contributed by atoms with Gasteiger partial charge in [-0.25, -0.2) is 0 Å². The van der Waals surface area contributed by atoms with Crippen molar-refractivity contribution in [3.8, 4) is 11.5 Å². The van der Waals surface area contributed by atoms with Crippen LogP contribution >= 0.6 is 11.3 Å². The first-order valence-electron chi connectivity index (χ1n) is 9.70. The van der Waals surface area contributed by atoms with Crippen molar-refractivity contribution >= 4 is 17.0 Å². The van der Waals surface area contributed by atoms with Gasteiger partial charge in [0.2, 0.25) is 6.79 Å². The van der Waals surface area contributed by atoms with E-state index in [0.29, 0.717) is 18.9 Å². The quantitative estimate of drug-likeness (QED) is 0.819. The maximum Gasteiger partial charge on any atom is 0.231 e. The molecule has 1 aromatic carbocycles. The highest BCUT2D eigenvalue weighted by molar-refractivity contribution is 7.10. The largest absolute Gasteiger partial charge is 0.454 e. The molecule has 0 saturated carbocycles. The highest BCUT2D eigenvalue weighted by atomic mass is 32.1. The number of anilines is 1. The summed E-state index contributed by atoms with van der Waals surface area (Å²) in [6.45, 7) is 5.70. The molecule has 1 atom stereocenters. The molecule has 2 aromatic rings. The zero-order valence-electron chi connectivity index (χ0n) is 16.4. The van der Waals surface area contributed by atoms with Gasteiger partial charge in [-0.3, -0.25) is 0 Å². The van der Waals surface area contributed by atoms with Crippen LogP contribution in [-0.2, 0) is 0 Å². The molecular formula is C21H29N3O2S. The topological polar surface area (TPSA) is 37.0 Å². The van der Waals surface area contributed by atoms with Crippen molar-refractivity contribution in [3.05, 3.63) is 40.1 Å². The molecule has 1 N–H and O–H groups in total. The standard InChI is InChI=1S/C21H29N3O2S/c1-15-8-11-27-21(15)18(23(2)3)13-22-16-6-9-24(10-7-16)17-4-5-19-20(12-17)26-14-25-19/h4-5,8,11-12,16,18,22H,6-7,9-10,13-14H2,1-3H3. The Labute approximate surface area is 165 Å². The fourth-order valence-corrected chi connectivity index (χ4v) is 5.06. The average molecular weight is 388 g/mol. The minimum atomic E-state index is 0.335. The molecule has 1 unspecified atom stereocenters. The van der Waals surface area contributed by atoms with E-state index in [0.717, 1.165) is 44.0 Å². The van der Waals surface area contributed by atoms with Crippen LogP contribution in [0.4, 0.5) is 5.69 Å². The predicted molar refractivity (Wildman–Crippen MR) is 111 cm³/mol. The number of benzene rings is 1. The van der Waals surface area contributed by atoms with Crippen molar-refractivity contribution < 1.29 is 9.47 Å². The molecule has 4 rings (SSSR count). The molecule has 2 aliphatic rings. The lowest BCUT2D eigenvalue weighted by molar-refractivity contribution is 0.174. The number of hydrogen-bond acceptors (Lipinski definition) is 6. The van der Waals surface area contributed by atoms with E-state index in [1.807, 2.05) is 17.4 Å². The second-order valence-corrected chi connectivity index (χ2v) is 8.60. The monoisotopic (exact) mass is 387 g/mol. The molecule has 6 heteroatoms. The molecule has 1 saturated heterocycles. The molecular weight excluding hydrogens is 358 g/mol. The molecule has 0 bridgehead atoms. The second kappa shape index (κ2) is 8.09. The lowest BCUT2D eigenvalue weighted by atomic mass is 10.0. The number of likely N-dealkylation sites (N-methyl/N-ethyl adjacent to an activating group) is 1. The normalized spacial score (nSPS) is 18.3. The van der Waals surface area contributed by atoms with Crippen LogP contribution < -0.4 is 19.7 Å². The highest BCUT2D eigenvalue weighted by Gasteiger charge is 2.24. The number of aryl methyl sites for hydroxylation is 1. The Kier molecular flexibility index (Phi) is 5.57. The highest BCUT2D eigenvalue weighted by Crippen LogP contribution is 2.36. The lowest BCUT2D eigenvalue weighted by Crippen LogP contribution is -2.44. The molecule has 146 valence electrons. The summed E-state index contributed by atoms with van der Waals surface area (Å²) in [5.41, 5.74) is 2.64. The molecule has 5 nitrogen and oxygen atoms in total. The van der Waals surface area contributed by atoms with Gasteiger partial charge in [0.25, 0.3) is 0 Å². The maximum absolute atomic E-state index is 5.52. The molecule has 1 fully saturated rings. The number of nitrogens with zero attached hydrogens (tertiary/aromatic N) is 2. The molecule has 27 heavy (non-hydrogen) atoms. The van der Waals surface area contributed by atoms with Gasteiger partial charge in [0.05, 0.1) is 6.04 Å². The van der Waals surface area contributed by atoms with Crippen molar-refractivity contribution in [2.24, 2.45) is 0 Å². The van der Waals surface area contributed by atoms with Gasteiger partial charge in [-0.05, 0) is 63.0 Å². The predicted octanol–water partition coefficient (Wildman–Crippen LogP) is 3.65. The van der Waals surface area contributed by atoms with Gasteiger partial charge in [-0.1, -0.05) is 0 Å². The van der Waals surface area contributed by atoms with Gasteiger partial charge >= 0.3 is 0 Å². The van der Waals surface area contributed by atoms with E-state index in [2.05, 4.69) is 59.7 Å². The van der Waals surface area contributed by atoms with Crippen LogP contribution in [0.25, 0.3) is 0 Å². The third kappa shape index (κ3) is 4.08. The third-order valence-corrected chi connectivity index (χ3v) is 6.76. The Morgan fingerprint density at radius 3 is 2.67 bits per heavy atom. The smallest absolute Gasteiger partial charge is 0.231 e. The van der Waals surface area contributed by atoms with Gasteiger partial charge in [-0.15, -0.1) is 11.3 Å². The van der Waals surface area contributed by atoms with E-state index < -0.39 is 0 Å². The molecule has 2 aliphatic heterocycles. The lowest BCUT2D eigenvalue weighted by Gasteiger charge is -2.35. The van der Waals surface area contributed by atoms with E-state index in [-0.39, 0.29) is 0 Å². The number of nitrogens with one attached hydrogen (secondary N) is 1. The van der Waals surface area contributed by atoms with E-state index in [4.69, 9.17) is 9.47 Å². The summed E-state index contributed by atoms with van der Waals surface area (Å²) in [7, 11) is 4.35. The van der Waals surface area contributed by atoms with Crippen molar-refractivity contribution in [2.75, 3.05) is 45.4 Å². The molecule has 0 aliphatic carbocycles. The first-order chi connectivity index (χ1) is 13.1. The van der Waals surface area contributed by atoms with Crippen LogP contribution in [0.3, 0.4) is 0 Å². The Balaban J connectivity index is 1.31. The molecule has 3 heterocycles. The number of rotatable bonds is 6. The van der Waals surface area contributed by atoms with Gasteiger partial charge in [0.15, 0.2) is 11.5 Å². The van der Waals surface area contributed by atoms with Crippen molar-refractivity contribution in [1.82, 2.24) is 10.2 Å². The fourth-order valence-electron chi connectivity index (χ4n) is 3.94. The Morgan fingerprint density at radius 1 is 1.19 bits per heavy atom. The summed E-state index contributed by atoms with van der Waals surface area (Å²) in [6.07, 6.45) is 2.33. The molecule has 0 amide bonds. The number of hydrogen-bond donors (Lipinski definition) is 1. The molecule has 1 aromatic heterocycles. The summed E-state index contributed by atoms with van der Waals surface area (Å²) >= 11 is 1.87. The summed E-state index contributed by atoms with van der Waals surface area (Å²) in [6, 6.07) is 9.52. The summed E-state index contributed by atoms with van der Waals surface area (Å²) < 4.78 is 10.9. The Hall–Kier alpha value is -1.76. The van der Waals surface area contributed by atoms with Crippen LogP contribution in [0.15, 0.2) is 29.6 Å². The van der Waals surface area contributed by atoms with Crippen LogP contribution in [0.5, 0.6) is 11.5 Å². The average Bonchev–Trinajstić information content (AvgIpc) is 3.31. The van der Waals surface area contributed by atoms with Crippen LogP contribution in [0, 0.1) is 6.92 Å². The van der Waals surface area contributed by atoms with Gasteiger partial charge < -0.3 is 24.6 Å². The third-order valence-electron chi connectivity index (χ3n) is 5.64. The number of ether oxygens (including phenoxy) is 2. The van der Waals surface area contributed by atoms with Gasteiger partial charge in [-0.2, -0.15) is 0 Å². The van der Waals surface area contributed by atoms with E-state index >= 15 is 0 Å². The zero-order chi connectivity index (χ0) is 18.8. The van der Waals surface area contributed by atoms with Crippen molar-refractivity contribution in [3.63, 3.8) is 0 Å². The van der Waals surface area contributed by atoms with Crippen LogP contribution in [0.2, 0.25) is 0 Å². The van der Waals surface area contributed by atoms with Gasteiger partial charge in [0.1, 0.15) is 0 Å². The van der Waals surface area contributed by atoms with Crippen LogP contribution in [0.1, 0.15) is 29.3 Å². The SMILES string of the molecule is Cc1ccsc1C(CNC1CCN(c2ccc3c(c2)OCO3)CC1)N(C)C. The van der Waals surface area contributed by atoms with Crippen molar-refractivity contribution in [1.29, 1.82) is 0 Å². The van der Waals surface area contributed by atoms with Crippen LogP contribution in [-0.4, -0.2) is 51.5 Å². The number of thiophene rings is 1. The van der Waals surface area contributed by atoms with E-state index in [1.165, 1.54) is 16.1 Å². The van der Waals surface area contributed by atoms with Crippen molar-refractivity contribution in [2.45, 2.75) is 31.8 Å². The molecule has 0 spiro atoms. The van der Waals surface area contributed by atoms with E-state index in [1.54, 1.807) is 0 Å². The summed E-state index contributed by atoms with van der Waals surface area (Å²) in [5, 5.41) is 6.03. The fraction of sp³-hybridized carbons (Fsp3) is 0.524. The first kappa shape index (κ1) is 18.6. The minimum absolute atomic E-state index is 0.335. The Morgan fingerprint density at radius 2 is 1.96 bits per heavy atom. The summed E-state index contributed by atoms with van der Waals surface area (Å²) in [5.74, 6) is 1.72.